The second kappa shape index (κ2) is 6.27. The molecule has 6 heteroatoms. The van der Waals surface area contributed by atoms with Crippen molar-refractivity contribution in [2.45, 2.75) is 26.3 Å². The predicted octanol–water partition coefficient (Wildman–Crippen LogP) is 1.47. The van der Waals surface area contributed by atoms with Crippen LogP contribution in [0.1, 0.15) is 31.1 Å². The maximum absolute atomic E-state index is 11.8. The van der Waals surface area contributed by atoms with Gasteiger partial charge in [0.05, 0.1) is 7.11 Å². The van der Waals surface area contributed by atoms with Crippen LogP contribution in [0.15, 0.2) is 18.2 Å². The number of ether oxygens (including phenoxy) is 2. The van der Waals surface area contributed by atoms with E-state index in [1.165, 1.54) is 25.3 Å². The third-order valence-corrected chi connectivity index (χ3v) is 2.27. The van der Waals surface area contributed by atoms with Gasteiger partial charge in [0.1, 0.15) is 17.1 Å². The first-order valence-electron chi connectivity index (χ1n) is 6.08. The molecule has 1 aromatic carbocycles. The minimum absolute atomic E-state index is 0.0482. The number of benzene rings is 1. The number of amides is 1. The van der Waals surface area contributed by atoms with E-state index in [0.29, 0.717) is 5.75 Å². The average molecular weight is 281 g/mol. The van der Waals surface area contributed by atoms with Crippen molar-refractivity contribution in [1.29, 1.82) is 0 Å². The standard InChI is InChI=1S/C14H19NO5/c1-14(2,3)15-12(17)8-20-13(18)10-7-9(19-4)5-6-11(10)16/h5-7,16H,8H2,1-4H3,(H,15,17). The van der Waals surface area contributed by atoms with Crippen LogP contribution in [0.4, 0.5) is 0 Å². The van der Waals surface area contributed by atoms with Crippen LogP contribution in [-0.2, 0) is 9.53 Å². The second-order valence-electron chi connectivity index (χ2n) is 5.26. The SMILES string of the molecule is COc1ccc(O)c(C(=O)OCC(=O)NC(C)(C)C)c1. The summed E-state index contributed by atoms with van der Waals surface area (Å²) in [6.07, 6.45) is 0. The molecule has 0 heterocycles. The van der Waals surface area contributed by atoms with Gasteiger partial charge in [0.25, 0.3) is 5.91 Å². The fourth-order valence-corrected chi connectivity index (χ4v) is 1.47. The van der Waals surface area contributed by atoms with Crippen LogP contribution >= 0.6 is 0 Å². The Bertz CT molecular complexity index is 505. The van der Waals surface area contributed by atoms with Crippen LogP contribution < -0.4 is 10.1 Å². The van der Waals surface area contributed by atoms with Gasteiger partial charge < -0.3 is 19.9 Å². The Morgan fingerprint density at radius 3 is 2.50 bits per heavy atom. The van der Waals surface area contributed by atoms with Crippen molar-refractivity contribution >= 4 is 11.9 Å². The van der Waals surface area contributed by atoms with Crippen LogP contribution in [0.25, 0.3) is 0 Å². The Hall–Kier alpha value is -2.24. The molecule has 0 fully saturated rings. The van der Waals surface area contributed by atoms with E-state index in [-0.39, 0.29) is 11.3 Å². The highest BCUT2D eigenvalue weighted by Gasteiger charge is 2.18. The summed E-state index contributed by atoms with van der Waals surface area (Å²) in [7, 11) is 1.44. The van der Waals surface area contributed by atoms with Gasteiger partial charge in [-0.05, 0) is 39.0 Å². The van der Waals surface area contributed by atoms with Gasteiger partial charge in [-0.2, -0.15) is 0 Å². The lowest BCUT2D eigenvalue weighted by atomic mass is 10.1. The highest BCUT2D eigenvalue weighted by molar-refractivity contribution is 5.94. The predicted molar refractivity (Wildman–Crippen MR) is 72.8 cm³/mol. The molecule has 0 saturated carbocycles. The molecular weight excluding hydrogens is 262 g/mol. The molecule has 1 amide bonds. The molecule has 0 radical (unpaired) electrons. The molecule has 0 saturated heterocycles. The molecule has 0 aliphatic carbocycles. The number of hydrogen-bond donors (Lipinski definition) is 2. The van der Waals surface area contributed by atoms with Gasteiger partial charge in [-0.3, -0.25) is 4.79 Å². The molecule has 0 spiro atoms. The summed E-state index contributed by atoms with van der Waals surface area (Å²) in [6, 6.07) is 4.18. The number of methoxy groups -OCH3 is 1. The van der Waals surface area contributed by atoms with E-state index in [4.69, 9.17) is 9.47 Å². The largest absolute Gasteiger partial charge is 0.507 e. The number of aromatic hydroxyl groups is 1. The molecule has 0 aliphatic heterocycles. The number of nitrogens with one attached hydrogen (secondary N) is 1. The van der Waals surface area contributed by atoms with Crippen molar-refractivity contribution in [3.05, 3.63) is 23.8 Å². The molecule has 1 aromatic rings. The van der Waals surface area contributed by atoms with E-state index in [1.54, 1.807) is 0 Å². The molecule has 0 atom stereocenters. The number of rotatable bonds is 4. The quantitative estimate of drug-likeness (QED) is 0.816. The van der Waals surface area contributed by atoms with Crippen molar-refractivity contribution in [3.8, 4) is 11.5 Å². The monoisotopic (exact) mass is 281 g/mol. The minimum Gasteiger partial charge on any atom is -0.507 e. The fourth-order valence-electron chi connectivity index (χ4n) is 1.47. The topological polar surface area (TPSA) is 84.9 Å². The number of phenols is 1. The Morgan fingerprint density at radius 2 is 1.95 bits per heavy atom. The molecule has 0 aromatic heterocycles. The summed E-state index contributed by atoms with van der Waals surface area (Å²) in [6.45, 7) is 5.05. The Balaban J connectivity index is 2.66. The van der Waals surface area contributed by atoms with Gasteiger partial charge in [0.2, 0.25) is 0 Å². The Labute approximate surface area is 117 Å². The summed E-state index contributed by atoms with van der Waals surface area (Å²) in [4.78, 5) is 23.3. The lowest BCUT2D eigenvalue weighted by molar-refractivity contribution is -0.125. The molecule has 1 rings (SSSR count). The molecule has 0 bridgehead atoms. The first-order chi connectivity index (χ1) is 9.23. The first-order valence-corrected chi connectivity index (χ1v) is 6.08. The van der Waals surface area contributed by atoms with Crippen LogP contribution in [0.2, 0.25) is 0 Å². The molecular formula is C14H19NO5. The minimum atomic E-state index is -0.787. The fraction of sp³-hybridized carbons (Fsp3) is 0.429. The zero-order valence-electron chi connectivity index (χ0n) is 12.0. The summed E-state index contributed by atoms with van der Waals surface area (Å²) < 4.78 is 9.80. The third-order valence-electron chi connectivity index (χ3n) is 2.27. The van der Waals surface area contributed by atoms with Crippen molar-refractivity contribution in [2.24, 2.45) is 0 Å². The molecule has 2 N–H and O–H groups in total. The molecule has 6 nitrogen and oxygen atoms in total. The summed E-state index contributed by atoms with van der Waals surface area (Å²) in [5.74, 6) is -1.01. The molecule has 110 valence electrons. The van der Waals surface area contributed by atoms with Crippen LogP contribution in [0.3, 0.4) is 0 Å². The number of esters is 1. The van der Waals surface area contributed by atoms with Gasteiger partial charge in [0, 0.05) is 5.54 Å². The van der Waals surface area contributed by atoms with E-state index in [0.717, 1.165) is 0 Å². The lowest BCUT2D eigenvalue weighted by Crippen LogP contribution is -2.42. The first kappa shape index (κ1) is 15.8. The second-order valence-corrected chi connectivity index (χ2v) is 5.26. The van der Waals surface area contributed by atoms with Gasteiger partial charge in [-0.15, -0.1) is 0 Å². The number of phenolic OH excluding ortho intramolecular Hbond substituents is 1. The van der Waals surface area contributed by atoms with E-state index in [1.807, 2.05) is 20.8 Å². The van der Waals surface area contributed by atoms with Crippen LogP contribution in [0.5, 0.6) is 11.5 Å². The van der Waals surface area contributed by atoms with Crippen LogP contribution in [0, 0.1) is 0 Å². The van der Waals surface area contributed by atoms with Gasteiger partial charge >= 0.3 is 5.97 Å². The Morgan fingerprint density at radius 1 is 1.30 bits per heavy atom. The van der Waals surface area contributed by atoms with E-state index >= 15 is 0 Å². The average Bonchev–Trinajstić information content (AvgIpc) is 2.34. The molecule has 0 aliphatic rings. The smallest absolute Gasteiger partial charge is 0.342 e. The number of carbonyl (C=O) groups is 2. The summed E-state index contributed by atoms with van der Waals surface area (Å²) in [5.41, 5.74) is -0.449. The normalized spacial score (nSPS) is 10.8. The lowest BCUT2D eigenvalue weighted by Gasteiger charge is -2.20. The van der Waals surface area contributed by atoms with Crippen molar-refractivity contribution in [3.63, 3.8) is 0 Å². The highest BCUT2D eigenvalue weighted by Crippen LogP contribution is 2.23. The zero-order chi connectivity index (χ0) is 15.3. The van der Waals surface area contributed by atoms with Crippen molar-refractivity contribution in [2.75, 3.05) is 13.7 Å². The van der Waals surface area contributed by atoms with Crippen molar-refractivity contribution in [1.82, 2.24) is 5.32 Å². The summed E-state index contributed by atoms with van der Waals surface area (Å²) >= 11 is 0. The maximum atomic E-state index is 11.8. The molecule has 0 unspecified atom stereocenters. The highest BCUT2D eigenvalue weighted by atomic mass is 16.5. The molecule has 20 heavy (non-hydrogen) atoms. The van der Waals surface area contributed by atoms with E-state index in [9.17, 15) is 14.7 Å². The van der Waals surface area contributed by atoms with E-state index < -0.39 is 24.0 Å². The maximum Gasteiger partial charge on any atom is 0.342 e. The van der Waals surface area contributed by atoms with Crippen molar-refractivity contribution < 1.29 is 24.2 Å². The summed E-state index contributed by atoms with van der Waals surface area (Å²) in [5, 5.41) is 12.3. The number of hydrogen-bond acceptors (Lipinski definition) is 5. The van der Waals surface area contributed by atoms with Gasteiger partial charge in [-0.25, -0.2) is 4.79 Å². The number of carbonyl (C=O) groups excluding carboxylic acids is 2. The zero-order valence-corrected chi connectivity index (χ0v) is 12.0. The van der Waals surface area contributed by atoms with E-state index in [2.05, 4.69) is 5.32 Å². The Kier molecular flexibility index (Phi) is 4.96. The van der Waals surface area contributed by atoms with Crippen LogP contribution in [-0.4, -0.2) is 36.2 Å². The van der Waals surface area contributed by atoms with Gasteiger partial charge in [0.15, 0.2) is 6.61 Å². The third kappa shape index (κ3) is 4.79. The van der Waals surface area contributed by atoms with Gasteiger partial charge in [-0.1, -0.05) is 0 Å².